The average molecular weight is 442 g/mol. The molecule has 6 heteroatoms. The zero-order chi connectivity index (χ0) is 23.0. The minimum atomic E-state index is -0.0971. The van der Waals surface area contributed by atoms with Gasteiger partial charge in [0.1, 0.15) is 11.5 Å². The fraction of sp³-hybridized carbons (Fsp3) is 0.185. The van der Waals surface area contributed by atoms with E-state index in [4.69, 9.17) is 9.47 Å². The summed E-state index contributed by atoms with van der Waals surface area (Å²) in [6, 6.07) is 23.9. The Morgan fingerprint density at radius 3 is 2.09 bits per heavy atom. The Morgan fingerprint density at radius 1 is 0.909 bits per heavy atom. The molecule has 168 valence electrons. The molecule has 0 aliphatic rings. The number of imidazole rings is 1. The van der Waals surface area contributed by atoms with Gasteiger partial charge in [-0.2, -0.15) is 0 Å². The largest absolute Gasteiger partial charge is 0.497 e. The molecule has 0 spiro atoms. The van der Waals surface area contributed by atoms with Crippen molar-refractivity contribution in [1.82, 2.24) is 14.9 Å². The summed E-state index contributed by atoms with van der Waals surface area (Å²) < 4.78 is 12.6. The van der Waals surface area contributed by atoms with E-state index in [1.54, 1.807) is 26.7 Å². The fourth-order valence-corrected chi connectivity index (χ4v) is 3.85. The van der Waals surface area contributed by atoms with Crippen LogP contribution in [0.25, 0.3) is 0 Å². The maximum absolute atomic E-state index is 12.8. The maximum atomic E-state index is 12.8. The van der Waals surface area contributed by atoms with Crippen molar-refractivity contribution in [2.45, 2.75) is 12.5 Å². The summed E-state index contributed by atoms with van der Waals surface area (Å²) in [6.45, 7) is 1.20. The third kappa shape index (κ3) is 5.41. The number of carbonyl (C=O) groups excluding carboxylic acids is 1. The SMILES string of the molecule is COc1ccc(C(c2ccc(OC)cc2)c2cccc(C(=O)NCCn3ccnc3)c2)cc1. The van der Waals surface area contributed by atoms with Crippen LogP contribution < -0.4 is 14.8 Å². The lowest BCUT2D eigenvalue weighted by molar-refractivity contribution is 0.0952. The Labute approximate surface area is 193 Å². The molecule has 1 heterocycles. The topological polar surface area (TPSA) is 65.4 Å². The van der Waals surface area contributed by atoms with Gasteiger partial charge in [0.15, 0.2) is 0 Å². The number of amides is 1. The van der Waals surface area contributed by atoms with Crippen LogP contribution in [-0.4, -0.2) is 36.2 Å². The van der Waals surface area contributed by atoms with Crippen LogP contribution in [0, 0.1) is 0 Å². The molecule has 0 bridgehead atoms. The molecule has 1 N–H and O–H groups in total. The molecule has 0 radical (unpaired) electrons. The first-order valence-corrected chi connectivity index (χ1v) is 10.8. The summed E-state index contributed by atoms with van der Waals surface area (Å²) in [5.41, 5.74) is 3.88. The molecule has 0 unspecified atom stereocenters. The van der Waals surface area contributed by atoms with Crippen LogP contribution in [0.15, 0.2) is 91.5 Å². The van der Waals surface area contributed by atoms with E-state index in [2.05, 4.69) is 40.6 Å². The number of nitrogens with zero attached hydrogens (tertiary/aromatic N) is 2. The van der Waals surface area contributed by atoms with Crippen LogP contribution in [0.3, 0.4) is 0 Å². The zero-order valence-electron chi connectivity index (χ0n) is 18.8. The van der Waals surface area contributed by atoms with E-state index in [0.717, 1.165) is 28.2 Å². The average Bonchev–Trinajstić information content (AvgIpc) is 3.39. The first-order valence-electron chi connectivity index (χ1n) is 10.8. The Hall–Kier alpha value is -4.06. The smallest absolute Gasteiger partial charge is 0.251 e. The highest BCUT2D eigenvalue weighted by atomic mass is 16.5. The van der Waals surface area contributed by atoms with Gasteiger partial charge in [0.05, 0.1) is 20.5 Å². The maximum Gasteiger partial charge on any atom is 0.251 e. The molecule has 3 aromatic carbocycles. The van der Waals surface area contributed by atoms with Gasteiger partial charge in [0.2, 0.25) is 0 Å². The van der Waals surface area contributed by atoms with Crippen molar-refractivity contribution in [3.63, 3.8) is 0 Å². The van der Waals surface area contributed by atoms with Crippen molar-refractivity contribution in [1.29, 1.82) is 0 Å². The van der Waals surface area contributed by atoms with Crippen LogP contribution >= 0.6 is 0 Å². The van der Waals surface area contributed by atoms with Crippen LogP contribution in [0.4, 0.5) is 0 Å². The predicted octanol–water partition coefficient (Wildman–Crippen LogP) is 4.51. The molecule has 1 aromatic heterocycles. The quantitative estimate of drug-likeness (QED) is 0.388. The first kappa shape index (κ1) is 22.1. The lowest BCUT2D eigenvalue weighted by atomic mass is 9.84. The van der Waals surface area contributed by atoms with Crippen molar-refractivity contribution >= 4 is 5.91 Å². The number of benzene rings is 3. The molecule has 0 saturated heterocycles. The molecule has 0 aliphatic heterocycles. The van der Waals surface area contributed by atoms with Crippen LogP contribution in [0.5, 0.6) is 11.5 Å². The van der Waals surface area contributed by atoms with Gasteiger partial charge in [-0.15, -0.1) is 0 Å². The van der Waals surface area contributed by atoms with E-state index in [1.807, 2.05) is 53.2 Å². The first-order chi connectivity index (χ1) is 16.2. The molecule has 6 nitrogen and oxygen atoms in total. The second-order valence-corrected chi connectivity index (χ2v) is 7.66. The number of methoxy groups -OCH3 is 2. The van der Waals surface area contributed by atoms with Gasteiger partial charge in [-0.3, -0.25) is 4.79 Å². The second-order valence-electron chi connectivity index (χ2n) is 7.66. The summed E-state index contributed by atoms with van der Waals surface area (Å²) in [5, 5.41) is 2.99. The number of rotatable bonds is 9. The van der Waals surface area contributed by atoms with E-state index in [9.17, 15) is 4.79 Å². The van der Waals surface area contributed by atoms with E-state index in [-0.39, 0.29) is 11.8 Å². The van der Waals surface area contributed by atoms with Gasteiger partial charge < -0.3 is 19.4 Å². The Kier molecular flexibility index (Phi) is 7.05. The monoisotopic (exact) mass is 441 g/mol. The standard InChI is InChI=1S/C27H27N3O3/c1-32-24-10-6-20(7-11-24)26(21-8-12-25(33-2)13-9-21)22-4-3-5-23(18-22)27(31)29-15-17-30-16-14-28-19-30/h3-14,16,18-19,26H,15,17H2,1-2H3,(H,29,31). The number of hydrogen-bond acceptors (Lipinski definition) is 4. The predicted molar refractivity (Wildman–Crippen MR) is 128 cm³/mol. The van der Waals surface area contributed by atoms with Gasteiger partial charge >= 0.3 is 0 Å². The number of hydrogen-bond donors (Lipinski definition) is 1. The van der Waals surface area contributed by atoms with E-state index < -0.39 is 0 Å². The molecule has 4 aromatic rings. The number of nitrogens with one attached hydrogen (secondary N) is 1. The van der Waals surface area contributed by atoms with E-state index in [0.29, 0.717) is 18.7 Å². The summed E-state index contributed by atoms with van der Waals surface area (Å²) >= 11 is 0. The summed E-state index contributed by atoms with van der Waals surface area (Å²) in [7, 11) is 3.32. The molecule has 4 rings (SSSR count). The van der Waals surface area contributed by atoms with Gasteiger partial charge in [-0.1, -0.05) is 36.4 Å². The number of ether oxygens (including phenoxy) is 2. The number of aromatic nitrogens is 2. The highest BCUT2D eigenvalue weighted by molar-refractivity contribution is 5.94. The molecular formula is C27H27N3O3. The van der Waals surface area contributed by atoms with Gasteiger partial charge in [0.25, 0.3) is 5.91 Å². The Morgan fingerprint density at radius 2 is 1.55 bits per heavy atom. The molecule has 33 heavy (non-hydrogen) atoms. The van der Waals surface area contributed by atoms with Gasteiger partial charge in [-0.25, -0.2) is 4.98 Å². The van der Waals surface area contributed by atoms with Crippen molar-refractivity contribution in [3.8, 4) is 11.5 Å². The second kappa shape index (κ2) is 10.5. The summed E-state index contributed by atoms with van der Waals surface area (Å²) in [6.07, 6.45) is 5.34. The normalized spacial score (nSPS) is 10.8. The molecule has 0 aliphatic carbocycles. The Balaban J connectivity index is 1.61. The number of carbonyl (C=O) groups is 1. The van der Waals surface area contributed by atoms with Crippen molar-refractivity contribution in [2.75, 3.05) is 20.8 Å². The minimum absolute atomic E-state index is 0.0412. The van der Waals surface area contributed by atoms with E-state index >= 15 is 0 Å². The third-order valence-electron chi connectivity index (χ3n) is 5.60. The molecule has 1 amide bonds. The molecule has 0 fully saturated rings. The molecule has 0 saturated carbocycles. The van der Waals surface area contributed by atoms with Crippen molar-refractivity contribution in [2.24, 2.45) is 0 Å². The third-order valence-corrected chi connectivity index (χ3v) is 5.60. The Bertz CT molecular complexity index is 1120. The zero-order valence-corrected chi connectivity index (χ0v) is 18.8. The van der Waals surface area contributed by atoms with E-state index in [1.165, 1.54) is 0 Å². The lowest BCUT2D eigenvalue weighted by Crippen LogP contribution is -2.27. The van der Waals surface area contributed by atoms with Crippen LogP contribution in [0.1, 0.15) is 33.0 Å². The van der Waals surface area contributed by atoms with Crippen molar-refractivity contribution in [3.05, 3.63) is 114 Å². The highest BCUT2D eigenvalue weighted by Gasteiger charge is 2.19. The highest BCUT2D eigenvalue weighted by Crippen LogP contribution is 2.34. The van der Waals surface area contributed by atoms with Crippen LogP contribution in [-0.2, 0) is 6.54 Å². The van der Waals surface area contributed by atoms with Gasteiger partial charge in [0, 0.05) is 37.0 Å². The molecular weight excluding hydrogens is 414 g/mol. The van der Waals surface area contributed by atoms with Crippen molar-refractivity contribution < 1.29 is 14.3 Å². The minimum Gasteiger partial charge on any atom is -0.497 e. The molecule has 0 atom stereocenters. The lowest BCUT2D eigenvalue weighted by Gasteiger charge is -2.20. The summed E-state index contributed by atoms with van der Waals surface area (Å²) in [4.78, 5) is 16.8. The fourth-order valence-electron chi connectivity index (χ4n) is 3.85. The van der Waals surface area contributed by atoms with Crippen LogP contribution in [0.2, 0.25) is 0 Å². The summed E-state index contributed by atoms with van der Waals surface area (Å²) in [5.74, 6) is 1.47. The van der Waals surface area contributed by atoms with Gasteiger partial charge in [-0.05, 0) is 53.1 Å².